The molecule has 0 aromatic carbocycles. The first kappa shape index (κ1) is 13.3. The number of rotatable bonds is 5. The molecule has 0 aliphatic carbocycles. The third-order valence-corrected chi connectivity index (χ3v) is 2.90. The SMILES string of the molecule is CC(C)OCCN1CCCC(C(N)=NO)C1. The second-order valence-corrected chi connectivity index (χ2v) is 4.58. The van der Waals surface area contributed by atoms with Crippen LogP contribution in [0.3, 0.4) is 0 Å². The van der Waals surface area contributed by atoms with Crippen LogP contribution in [0.1, 0.15) is 26.7 Å². The van der Waals surface area contributed by atoms with Crippen LogP contribution < -0.4 is 5.73 Å². The average molecular weight is 229 g/mol. The fourth-order valence-electron chi connectivity index (χ4n) is 2.00. The smallest absolute Gasteiger partial charge is 0.143 e. The van der Waals surface area contributed by atoms with Crippen molar-refractivity contribution >= 4 is 5.84 Å². The number of hydrogen-bond acceptors (Lipinski definition) is 4. The van der Waals surface area contributed by atoms with Crippen molar-refractivity contribution in [2.75, 3.05) is 26.2 Å². The summed E-state index contributed by atoms with van der Waals surface area (Å²) in [5, 5.41) is 11.7. The highest BCUT2D eigenvalue weighted by molar-refractivity contribution is 5.82. The third kappa shape index (κ3) is 4.37. The summed E-state index contributed by atoms with van der Waals surface area (Å²) in [6.07, 6.45) is 2.39. The maximum Gasteiger partial charge on any atom is 0.143 e. The lowest BCUT2D eigenvalue weighted by atomic mass is 9.97. The second-order valence-electron chi connectivity index (χ2n) is 4.58. The van der Waals surface area contributed by atoms with Crippen molar-refractivity contribution in [3.8, 4) is 0 Å². The number of oxime groups is 1. The molecule has 1 rings (SSSR count). The summed E-state index contributed by atoms with van der Waals surface area (Å²) in [4.78, 5) is 2.31. The highest BCUT2D eigenvalue weighted by Gasteiger charge is 2.22. The van der Waals surface area contributed by atoms with Crippen LogP contribution in [0.2, 0.25) is 0 Å². The number of nitrogens with zero attached hydrogens (tertiary/aromatic N) is 2. The van der Waals surface area contributed by atoms with Crippen molar-refractivity contribution < 1.29 is 9.94 Å². The number of nitrogens with two attached hydrogens (primary N) is 1. The molecule has 0 spiro atoms. The molecule has 1 unspecified atom stereocenters. The van der Waals surface area contributed by atoms with Gasteiger partial charge >= 0.3 is 0 Å². The van der Waals surface area contributed by atoms with Gasteiger partial charge in [-0.15, -0.1) is 0 Å². The van der Waals surface area contributed by atoms with Crippen LogP contribution in [0, 0.1) is 5.92 Å². The van der Waals surface area contributed by atoms with Crippen LogP contribution in [0.4, 0.5) is 0 Å². The monoisotopic (exact) mass is 229 g/mol. The average Bonchev–Trinajstić information content (AvgIpc) is 2.28. The third-order valence-electron chi connectivity index (χ3n) is 2.90. The Morgan fingerprint density at radius 3 is 3.00 bits per heavy atom. The van der Waals surface area contributed by atoms with E-state index in [-0.39, 0.29) is 12.0 Å². The Bertz CT molecular complexity index is 231. The van der Waals surface area contributed by atoms with Gasteiger partial charge in [-0.05, 0) is 33.2 Å². The first-order valence-corrected chi connectivity index (χ1v) is 5.95. The molecule has 0 saturated carbocycles. The molecule has 1 saturated heterocycles. The summed E-state index contributed by atoms with van der Waals surface area (Å²) < 4.78 is 5.51. The number of ether oxygens (including phenoxy) is 1. The Morgan fingerprint density at radius 1 is 1.62 bits per heavy atom. The molecule has 0 aromatic heterocycles. The minimum atomic E-state index is 0.192. The quantitative estimate of drug-likeness (QED) is 0.317. The van der Waals surface area contributed by atoms with E-state index in [1.165, 1.54) is 0 Å². The molecular weight excluding hydrogens is 206 g/mol. The van der Waals surface area contributed by atoms with E-state index in [2.05, 4.69) is 10.1 Å². The summed E-state index contributed by atoms with van der Waals surface area (Å²) in [6.45, 7) is 7.70. The zero-order chi connectivity index (χ0) is 12.0. The van der Waals surface area contributed by atoms with Gasteiger partial charge in [0.25, 0.3) is 0 Å². The molecule has 0 bridgehead atoms. The van der Waals surface area contributed by atoms with Crippen LogP contribution >= 0.6 is 0 Å². The van der Waals surface area contributed by atoms with E-state index in [4.69, 9.17) is 15.7 Å². The lowest BCUT2D eigenvalue weighted by molar-refractivity contribution is 0.0522. The number of piperidine rings is 1. The lowest BCUT2D eigenvalue weighted by Crippen LogP contribution is -2.42. The van der Waals surface area contributed by atoms with Gasteiger partial charge in [0.2, 0.25) is 0 Å². The zero-order valence-corrected chi connectivity index (χ0v) is 10.2. The van der Waals surface area contributed by atoms with E-state index in [0.717, 1.165) is 39.1 Å². The maximum absolute atomic E-state index is 8.64. The Morgan fingerprint density at radius 2 is 2.38 bits per heavy atom. The normalized spacial score (nSPS) is 23.9. The van der Waals surface area contributed by atoms with Gasteiger partial charge in [-0.3, -0.25) is 0 Å². The zero-order valence-electron chi connectivity index (χ0n) is 10.2. The van der Waals surface area contributed by atoms with Gasteiger partial charge in [0.05, 0.1) is 12.7 Å². The lowest BCUT2D eigenvalue weighted by Gasteiger charge is -2.31. The Hall–Kier alpha value is -0.810. The molecular formula is C11H23N3O2. The summed E-state index contributed by atoms with van der Waals surface area (Å²) >= 11 is 0. The van der Waals surface area contributed by atoms with Gasteiger partial charge < -0.3 is 20.6 Å². The van der Waals surface area contributed by atoms with E-state index >= 15 is 0 Å². The Kier molecular flexibility index (Phi) is 5.55. The molecule has 5 nitrogen and oxygen atoms in total. The van der Waals surface area contributed by atoms with Gasteiger partial charge in [-0.1, -0.05) is 5.16 Å². The van der Waals surface area contributed by atoms with Crippen molar-refractivity contribution in [2.24, 2.45) is 16.8 Å². The summed E-state index contributed by atoms with van der Waals surface area (Å²) in [5.41, 5.74) is 5.63. The molecule has 1 aliphatic rings. The molecule has 5 heteroatoms. The van der Waals surface area contributed by atoms with Crippen LogP contribution in [0.25, 0.3) is 0 Å². The van der Waals surface area contributed by atoms with Gasteiger partial charge in [-0.25, -0.2) is 0 Å². The molecule has 0 amide bonds. The molecule has 0 radical (unpaired) electrons. The molecule has 94 valence electrons. The maximum atomic E-state index is 8.64. The van der Waals surface area contributed by atoms with Gasteiger partial charge in [0.1, 0.15) is 5.84 Å². The van der Waals surface area contributed by atoms with E-state index in [9.17, 15) is 0 Å². The predicted molar refractivity (Wildman–Crippen MR) is 63.7 cm³/mol. The fourth-order valence-corrected chi connectivity index (χ4v) is 2.00. The molecule has 1 fully saturated rings. The molecule has 16 heavy (non-hydrogen) atoms. The van der Waals surface area contributed by atoms with Crippen LogP contribution in [0.5, 0.6) is 0 Å². The highest BCUT2D eigenvalue weighted by atomic mass is 16.5. The van der Waals surface area contributed by atoms with Crippen LogP contribution in [-0.2, 0) is 4.74 Å². The predicted octanol–water partition coefficient (Wildman–Crippen LogP) is 0.870. The van der Waals surface area contributed by atoms with E-state index in [0.29, 0.717) is 5.84 Å². The summed E-state index contributed by atoms with van der Waals surface area (Å²) in [7, 11) is 0. The fraction of sp³-hybridized carbons (Fsp3) is 0.909. The standard InChI is InChI=1S/C11H23N3O2/c1-9(2)16-7-6-14-5-3-4-10(8-14)11(12)13-15/h9-10,15H,3-8H2,1-2H3,(H2,12,13). The van der Waals surface area contributed by atoms with E-state index in [1.54, 1.807) is 0 Å². The van der Waals surface area contributed by atoms with Crippen molar-refractivity contribution in [3.63, 3.8) is 0 Å². The number of hydrogen-bond donors (Lipinski definition) is 2. The highest BCUT2D eigenvalue weighted by Crippen LogP contribution is 2.16. The molecule has 1 aliphatic heterocycles. The molecule has 0 aromatic rings. The topological polar surface area (TPSA) is 71.1 Å². The van der Waals surface area contributed by atoms with Gasteiger partial charge in [0, 0.05) is 19.0 Å². The van der Waals surface area contributed by atoms with Crippen LogP contribution in [0.15, 0.2) is 5.16 Å². The van der Waals surface area contributed by atoms with Gasteiger partial charge in [-0.2, -0.15) is 0 Å². The van der Waals surface area contributed by atoms with E-state index in [1.807, 2.05) is 13.8 Å². The first-order valence-electron chi connectivity index (χ1n) is 5.95. The second kappa shape index (κ2) is 6.70. The largest absolute Gasteiger partial charge is 0.409 e. The van der Waals surface area contributed by atoms with Crippen molar-refractivity contribution in [2.45, 2.75) is 32.8 Å². The van der Waals surface area contributed by atoms with Crippen molar-refractivity contribution in [3.05, 3.63) is 0 Å². The van der Waals surface area contributed by atoms with Crippen LogP contribution in [-0.4, -0.2) is 48.3 Å². The minimum absolute atomic E-state index is 0.192. The van der Waals surface area contributed by atoms with Crippen molar-refractivity contribution in [1.29, 1.82) is 0 Å². The van der Waals surface area contributed by atoms with Gasteiger partial charge in [0.15, 0.2) is 0 Å². The summed E-state index contributed by atoms with van der Waals surface area (Å²) in [6, 6.07) is 0. The Labute approximate surface area is 97.2 Å². The summed E-state index contributed by atoms with van der Waals surface area (Å²) in [5.74, 6) is 0.548. The first-order chi connectivity index (χ1) is 7.63. The number of likely N-dealkylation sites (tertiary alicyclic amines) is 1. The minimum Gasteiger partial charge on any atom is -0.409 e. The van der Waals surface area contributed by atoms with E-state index < -0.39 is 0 Å². The van der Waals surface area contributed by atoms with Crippen molar-refractivity contribution in [1.82, 2.24) is 4.90 Å². The Balaban J connectivity index is 2.28. The number of amidine groups is 1. The molecule has 1 atom stereocenters. The molecule has 3 N–H and O–H groups in total. The molecule has 1 heterocycles.